The van der Waals surface area contributed by atoms with Gasteiger partial charge in [-0.1, -0.05) is 18.2 Å². The third kappa shape index (κ3) is 4.91. The second-order valence-corrected chi connectivity index (χ2v) is 9.55. The van der Waals surface area contributed by atoms with Gasteiger partial charge in [-0.3, -0.25) is 0 Å². The number of hydrogen-bond donors (Lipinski definition) is 5. The molecule has 0 amide bonds. The minimum atomic E-state index is -0.827. The molecule has 2 aromatic carbocycles. The smallest absolute Gasteiger partial charge is 0.227 e. The number of anilines is 4. The molecule has 10 heteroatoms. The molecule has 1 aliphatic rings. The average molecular weight is 504 g/mol. The highest BCUT2D eigenvalue weighted by molar-refractivity contribution is 5.97. The lowest BCUT2D eigenvalue weighted by Crippen LogP contribution is -2.37. The van der Waals surface area contributed by atoms with Crippen molar-refractivity contribution in [3.63, 3.8) is 0 Å². The zero-order valence-corrected chi connectivity index (χ0v) is 21.3. The molecule has 0 spiro atoms. The summed E-state index contributed by atoms with van der Waals surface area (Å²) >= 11 is 0. The molecular weight excluding hydrogens is 470 g/mol. The molecule has 0 saturated heterocycles. The third-order valence-electron chi connectivity index (χ3n) is 6.70. The molecule has 5 rings (SSSR count). The van der Waals surface area contributed by atoms with E-state index in [1.54, 1.807) is 19.4 Å². The van der Waals surface area contributed by atoms with Gasteiger partial charge in [-0.15, -0.1) is 0 Å². The fourth-order valence-electron chi connectivity index (χ4n) is 4.81. The molecule has 2 aromatic heterocycles. The van der Waals surface area contributed by atoms with Crippen molar-refractivity contribution in [3.05, 3.63) is 54.4 Å². The van der Waals surface area contributed by atoms with Crippen LogP contribution in [-0.2, 0) is 13.0 Å². The van der Waals surface area contributed by atoms with E-state index in [0.717, 1.165) is 46.6 Å². The molecule has 3 heterocycles. The van der Waals surface area contributed by atoms with Crippen molar-refractivity contribution in [1.82, 2.24) is 19.4 Å². The highest BCUT2D eigenvalue weighted by Crippen LogP contribution is 2.38. The number of benzene rings is 2. The molecule has 0 fully saturated rings. The maximum absolute atomic E-state index is 10.4. The van der Waals surface area contributed by atoms with Crippen LogP contribution in [0.1, 0.15) is 5.69 Å². The molecular formula is C27H33N7O3. The van der Waals surface area contributed by atoms with E-state index in [9.17, 15) is 10.2 Å². The Morgan fingerprint density at radius 3 is 2.73 bits per heavy atom. The molecule has 37 heavy (non-hydrogen) atoms. The van der Waals surface area contributed by atoms with E-state index < -0.39 is 12.2 Å². The van der Waals surface area contributed by atoms with Gasteiger partial charge in [0, 0.05) is 53.9 Å². The summed E-state index contributed by atoms with van der Waals surface area (Å²) in [4.78, 5) is 11.3. The van der Waals surface area contributed by atoms with E-state index >= 15 is 0 Å². The third-order valence-corrected chi connectivity index (χ3v) is 6.70. The summed E-state index contributed by atoms with van der Waals surface area (Å²) in [7, 11) is 5.65. The number of aromatic nitrogens is 3. The molecule has 0 saturated carbocycles. The van der Waals surface area contributed by atoms with Crippen LogP contribution in [0.4, 0.5) is 23.0 Å². The second-order valence-electron chi connectivity index (χ2n) is 9.55. The second kappa shape index (κ2) is 10.3. The van der Waals surface area contributed by atoms with Gasteiger partial charge < -0.3 is 40.8 Å². The molecule has 1 aliphatic heterocycles. The standard InChI is InChI=1S/C27H33N7O3/c1-33(2)11-10-29-19-13-25(37-3)20(12-17(19)28)32-27-30-9-8-18(31-27)26-16-6-4-5-7-21(16)34-15-24(36)23(35)14-22(26)34/h4-9,12-13,23-24,29,35-36H,10-11,14-15,28H2,1-3H3,(H,30,31,32). The predicted molar refractivity (Wildman–Crippen MR) is 146 cm³/mol. The Morgan fingerprint density at radius 2 is 1.95 bits per heavy atom. The Balaban J connectivity index is 1.49. The van der Waals surface area contributed by atoms with Crippen molar-refractivity contribution in [1.29, 1.82) is 0 Å². The summed E-state index contributed by atoms with van der Waals surface area (Å²) in [5.74, 6) is 1.00. The molecule has 6 N–H and O–H groups in total. The summed E-state index contributed by atoms with van der Waals surface area (Å²) in [6.07, 6.45) is 0.402. The predicted octanol–water partition coefficient (Wildman–Crippen LogP) is 2.68. The first-order chi connectivity index (χ1) is 17.9. The van der Waals surface area contributed by atoms with Crippen molar-refractivity contribution in [2.24, 2.45) is 0 Å². The van der Waals surface area contributed by atoms with Gasteiger partial charge in [-0.2, -0.15) is 0 Å². The first-order valence-electron chi connectivity index (χ1n) is 12.3. The van der Waals surface area contributed by atoms with E-state index in [4.69, 9.17) is 15.5 Å². The lowest BCUT2D eigenvalue weighted by atomic mass is 9.99. The van der Waals surface area contributed by atoms with E-state index in [1.165, 1.54) is 0 Å². The largest absolute Gasteiger partial charge is 0.494 e. The van der Waals surface area contributed by atoms with Gasteiger partial charge in [-0.05, 0) is 32.3 Å². The van der Waals surface area contributed by atoms with Gasteiger partial charge in [-0.25, -0.2) is 9.97 Å². The zero-order valence-electron chi connectivity index (χ0n) is 21.3. The number of hydrogen-bond acceptors (Lipinski definition) is 9. The lowest BCUT2D eigenvalue weighted by molar-refractivity contribution is -0.00156. The molecule has 10 nitrogen and oxygen atoms in total. The van der Waals surface area contributed by atoms with Crippen LogP contribution in [0.15, 0.2) is 48.7 Å². The van der Waals surface area contributed by atoms with Gasteiger partial charge in [0.2, 0.25) is 5.95 Å². The van der Waals surface area contributed by atoms with Crippen LogP contribution in [0.5, 0.6) is 5.75 Å². The summed E-state index contributed by atoms with van der Waals surface area (Å²) in [6, 6.07) is 13.5. The SMILES string of the molecule is COc1cc(NCCN(C)C)c(N)cc1Nc1nccc(-c2c3n(c4ccccc24)CC(O)C(O)C3)n1. The molecule has 0 bridgehead atoms. The lowest BCUT2D eigenvalue weighted by Gasteiger charge is -2.27. The van der Waals surface area contributed by atoms with Crippen LogP contribution in [0.25, 0.3) is 22.2 Å². The Hall–Kier alpha value is -3.86. The van der Waals surface area contributed by atoms with Crippen molar-refractivity contribution in [2.45, 2.75) is 25.2 Å². The van der Waals surface area contributed by atoms with Crippen LogP contribution in [0, 0.1) is 0 Å². The molecule has 0 radical (unpaired) electrons. The number of methoxy groups -OCH3 is 1. The topological polar surface area (TPSA) is 134 Å². The molecule has 194 valence electrons. The number of nitrogens with one attached hydrogen (secondary N) is 2. The van der Waals surface area contributed by atoms with Crippen LogP contribution >= 0.6 is 0 Å². The van der Waals surface area contributed by atoms with Gasteiger partial charge in [0.1, 0.15) is 5.75 Å². The Kier molecular flexibility index (Phi) is 6.88. The summed E-state index contributed by atoms with van der Waals surface area (Å²) in [6.45, 7) is 1.95. The zero-order chi connectivity index (χ0) is 26.1. The quantitative estimate of drug-likeness (QED) is 0.230. The highest BCUT2D eigenvalue weighted by atomic mass is 16.5. The van der Waals surface area contributed by atoms with Crippen molar-refractivity contribution in [3.8, 4) is 17.0 Å². The highest BCUT2D eigenvalue weighted by Gasteiger charge is 2.30. The number of aliphatic hydroxyl groups excluding tert-OH is 2. The molecule has 2 unspecified atom stereocenters. The van der Waals surface area contributed by atoms with Gasteiger partial charge in [0.05, 0.1) is 48.6 Å². The van der Waals surface area contributed by atoms with Crippen molar-refractivity contribution < 1.29 is 14.9 Å². The Morgan fingerprint density at radius 1 is 1.14 bits per heavy atom. The minimum absolute atomic E-state index is 0.332. The number of nitrogens with zero attached hydrogens (tertiary/aromatic N) is 4. The van der Waals surface area contributed by atoms with E-state index in [0.29, 0.717) is 36.0 Å². The number of nitrogens with two attached hydrogens (primary N) is 1. The van der Waals surface area contributed by atoms with Crippen molar-refractivity contribution in [2.75, 3.05) is 50.7 Å². The minimum Gasteiger partial charge on any atom is -0.494 e. The van der Waals surface area contributed by atoms with Gasteiger partial charge >= 0.3 is 0 Å². The maximum atomic E-state index is 10.4. The number of likely N-dealkylation sites (N-methyl/N-ethyl adjacent to an activating group) is 1. The number of aliphatic hydroxyl groups is 2. The number of para-hydroxylation sites is 1. The first kappa shape index (κ1) is 24.8. The molecule has 4 aromatic rings. The molecule has 2 atom stereocenters. The summed E-state index contributed by atoms with van der Waals surface area (Å²) in [5.41, 5.74) is 11.9. The van der Waals surface area contributed by atoms with Crippen LogP contribution in [0.3, 0.4) is 0 Å². The Bertz CT molecular complexity index is 1420. The number of nitrogen functional groups attached to an aromatic ring is 1. The fourth-order valence-corrected chi connectivity index (χ4v) is 4.81. The maximum Gasteiger partial charge on any atom is 0.227 e. The number of fused-ring (bicyclic) bond motifs is 3. The van der Waals surface area contributed by atoms with Crippen LogP contribution < -0.4 is 21.1 Å². The average Bonchev–Trinajstić information content (AvgIpc) is 3.18. The normalized spacial score (nSPS) is 17.1. The monoisotopic (exact) mass is 503 g/mol. The molecule has 0 aliphatic carbocycles. The summed E-state index contributed by atoms with van der Waals surface area (Å²) < 4.78 is 7.69. The van der Waals surface area contributed by atoms with Crippen molar-refractivity contribution >= 4 is 33.9 Å². The van der Waals surface area contributed by atoms with E-state index in [-0.39, 0.29) is 0 Å². The number of rotatable bonds is 8. The summed E-state index contributed by atoms with van der Waals surface area (Å²) in [5, 5.41) is 28.3. The fraction of sp³-hybridized carbons (Fsp3) is 0.333. The van der Waals surface area contributed by atoms with Crippen LogP contribution in [-0.4, -0.2) is 76.2 Å². The first-order valence-corrected chi connectivity index (χ1v) is 12.3. The van der Waals surface area contributed by atoms with E-state index in [1.807, 2.05) is 50.5 Å². The number of ether oxygens (including phenoxy) is 1. The van der Waals surface area contributed by atoms with Gasteiger partial charge in [0.15, 0.2) is 0 Å². The van der Waals surface area contributed by atoms with E-state index in [2.05, 4.69) is 25.1 Å². The Labute approximate surface area is 215 Å². The van der Waals surface area contributed by atoms with Gasteiger partial charge in [0.25, 0.3) is 0 Å². The van der Waals surface area contributed by atoms with Crippen LogP contribution in [0.2, 0.25) is 0 Å².